The van der Waals surface area contributed by atoms with Gasteiger partial charge in [-0.15, -0.1) is 10.2 Å². The molecule has 1 atom stereocenters. The monoisotopic (exact) mass is 456 g/mol. The second kappa shape index (κ2) is 9.83. The number of hydrogen-bond acceptors (Lipinski definition) is 5. The maximum atomic E-state index is 13.4. The number of nitrogens with zero attached hydrogens (tertiary/aromatic N) is 3. The zero-order valence-corrected chi connectivity index (χ0v) is 19.5. The van der Waals surface area contributed by atoms with Crippen molar-refractivity contribution in [1.82, 2.24) is 14.8 Å². The lowest BCUT2D eigenvalue weighted by Gasteiger charge is -2.18. The van der Waals surface area contributed by atoms with Crippen molar-refractivity contribution in [3.05, 3.63) is 101 Å². The number of aryl methyl sites for hydroxylation is 2. The molecule has 4 aromatic rings. The highest BCUT2D eigenvalue weighted by Crippen LogP contribution is 2.36. The van der Waals surface area contributed by atoms with E-state index in [1.807, 2.05) is 54.0 Å². The molecule has 1 N–H and O–H groups in total. The molecule has 33 heavy (non-hydrogen) atoms. The van der Waals surface area contributed by atoms with Gasteiger partial charge in [-0.25, -0.2) is 0 Å². The van der Waals surface area contributed by atoms with Gasteiger partial charge in [-0.3, -0.25) is 14.2 Å². The molecule has 4 rings (SSSR count). The number of carbonyl (C=O) groups is 2. The van der Waals surface area contributed by atoms with Crippen molar-refractivity contribution in [3.8, 4) is 5.69 Å². The van der Waals surface area contributed by atoms with E-state index in [2.05, 4.69) is 28.5 Å². The molecule has 0 fully saturated rings. The molecule has 166 valence electrons. The Balaban J connectivity index is 1.66. The third-order valence-corrected chi connectivity index (χ3v) is 6.44. The van der Waals surface area contributed by atoms with E-state index in [-0.39, 0.29) is 11.7 Å². The van der Waals surface area contributed by atoms with Crippen molar-refractivity contribution < 1.29 is 9.59 Å². The molecule has 0 spiro atoms. The quantitative estimate of drug-likeness (QED) is 0.291. The fourth-order valence-corrected chi connectivity index (χ4v) is 4.60. The van der Waals surface area contributed by atoms with Gasteiger partial charge in [0.05, 0.1) is 5.69 Å². The number of Topliss-reactive ketones (excluding diaryl/α,β-unsaturated/α-hetero) is 1. The van der Waals surface area contributed by atoms with Crippen molar-refractivity contribution >= 4 is 29.1 Å². The van der Waals surface area contributed by atoms with Crippen molar-refractivity contribution in [1.29, 1.82) is 0 Å². The number of amides is 1. The van der Waals surface area contributed by atoms with E-state index in [0.717, 1.165) is 16.8 Å². The van der Waals surface area contributed by atoms with Crippen LogP contribution >= 0.6 is 11.8 Å². The van der Waals surface area contributed by atoms with Gasteiger partial charge in [-0.05, 0) is 50.1 Å². The van der Waals surface area contributed by atoms with E-state index in [4.69, 9.17) is 0 Å². The predicted octanol–water partition coefficient (Wildman–Crippen LogP) is 5.56. The molecule has 0 aliphatic heterocycles. The summed E-state index contributed by atoms with van der Waals surface area (Å²) < 4.78 is 1.90. The highest BCUT2D eigenvalue weighted by molar-refractivity contribution is 8.00. The summed E-state index contributed by atoms with van der Waals surface area (Å²) in [5.74, 6) is -0.260. The number of benzene rings is 3. The fraction of sp³-hybridized carbons (Fsp3) is 0.154. The molecule has 1 unspecified atom stereocenters. The summed E-state index contributed by atoms with van der Waals surface area (Å²) in [5, 5.41) is 11.4. The number of hydrogen-bond donors (Lipinski definition) is 1. The standard InChI is InChI=1S/C26H24N4O2S/c1-17-12-13-23(18(2)14-17)30-16-27-29-26(30)33-24(20-8-5-4-6-9-20)25(32)28-22-11-7-10-21(15-22)19(3)31/h4-16,24H,1-3H3,(H,28,32). The van der Waals surface area contributed by atoms with Gasteiger partial charge in [0.2, 0.25) is 5.91 Å². The normalized spacial score (nSPS) is 11.7. The Morgan fingerprint density at radius 2 is 1.76 bits per heavy atom. The summed E-state index contributed by atoms with van der Waals surface area (Å²) in [5.41, 5.74) is 5.20. The van der Waals surface area contributed by atoms with Crippen LogP contribution in [0.25, 0.3) is 5.69 Å². The van der Waals surface area contributed by atoms with Crippen LogP contribution in [-0.2, 0) is 4.79 Å². The summed E-state index contributed by atoms with van der Waals surface area (Å²) in [6.07, 6.45) is 1.66. The van der Waals surface area contributed by atoms with E-state index in [0.29, 0.717) is 16.4 Å². The molecule has 1 aromatic heterocycles. The molecule has 1 heterocycles. The molecular weight excluding hydrogens is 432 g/mol. The summed E-state index contributed by atoms with van der Waals surface area (Å²) in [6, 6.07) is 22.7. The average Bonchev–Trinajstić information content (AvgIpc) is 3.26. The van der Waals surface area contributed by atoms with Crippen molar-refractivity contribution in [2.75, 3.05) is 5.32 Å². The number of nitrogens with one attached hydrogen (secondary N) is 1. The molecule has 0 bridgehead atoms. The van der Waals surface area contributed by atoms with E-state index >= 15 is 0 Å². The lowest BCUT2D eigenvalue weighted by atomic mass is 10.1. The maximum absolute atomic E-state index is 13.4. The van der Waals surface area contributed by atoms with E-state index in [1.165, 1.54) is 24.2 Å². The van der Waals surface area contributed by atoms with Gasteiger partial charge in [0.15, 0.2) is 10.9 Å². The van der Waals surface area contributed by atoms with Crippen LogP contribution in [-0.4, -0.2) is 26.5 Å². The average molecular weight is 457 g/mol. The zero-order valence-electron chi connectivity index (χ0n) is 18.6. The fourth-order valence-electron chi connectivity index (χ4n) is 3.58. The van der Waals surface area contributed by atoms with Crippen LogP contribution in [0.5, 0.6) is 0 Å². The van der Waals surface area contributed by atoms with E-state index in [1.54, 1.807) is 30.6 Å². The van der Waals surface area contributed by atoms with Crippen LogP contribution in [0, 0.1) is 13.8 Å². The number of aromatic nitrogens is 3. The minimum absolute atomic E-state index is 0.0540. The van der Waals surface area contributed by atoms with E-state index < -0.39 is 5.25 Å². The lowest BCUT2D eigenvalue weighted by Crippen LogP contribution is -2.19. The first kappa shape index (κ1) is 22.5. The highest BCUT2D eigenvalue weighted by Gasteiger charge is 2.25. The molecule has 0 radical (unpaired) electrons. The minimum Gasteiger partial charge on any atom is -0.325 e. The predicted molar refractivity (Wildman–Crippen MR) is 131 cm³/mol. The van der Waals surface area contributed by atoms with Gasteiger partial charge in [-0.1, -0.05) is 71.9 Å². The molecule has 6 nitrogen and oxygen atoms in total. The molecule has 0 saturated carbocycles. The van der Waals surface area contributed by atoms with Crippen molar-refractivity contribution in [2.24, 2.45) is 0 Å². The van der Waals surface area contributed by atoms with Crippen LogP contribution in [0.15, 0.2) is 84.3 Å². The highest BCUT2D eigenvalue weighted by atomic mass is 32.2. The summed E-state index contributed by atoms with van der Waals surface area (Å²) in [6.45, 7) is 5.60. The Morgan fingerprint density at radius 3 is 2.48 bits per heavy atom. The molecular formula is C26H24N4O2S. The zero-order chi connectivity index (χ0) is 23.4. The van der Waals surface area contributed by atoms with Crippen LogP contribution in [0.4, 0.5) is 5.69 Å². The van der Waals surface area contributed by atoms with Gasteiger partial charge in [-0.2, -0.15) is 0 Å². The molecule has 0 aliphatic carbocycles. The maximum Gasteiger partial charge on any atom is 0.242 e. The first-order valence-corrected chi connectivity index (χ1v) is 11.4. The molecule has 3 aromatic carbocycles. The molecule has 0 saturated heterocycles. The van der Waals surface area contributed by atoms with E-state index in [9.17, 15) is 9.59 Å². The lowest BCUT2D eigenvalue weighted by molar-refractivity contribution is -0.115. The van der Waals surface area contributed by atoms with Crippen molar-refractivity contribution in [3.63, 3.8) is 0 Å². The summed E-state index contributed by atoms with van der Waals surface area (Å²) in [7, 11) is 0. The van der Waals surface area contributed by atoms with Crippen LogP contribution in [0.1, 0.15) is 39.2 Å². The second-order valence-electron chi connectivity index (χ2n) is 7.81. The Labute approximate surface area is 197 Å². The summed E-state index contributed by atoms with van der Waals surface area (Å²) in [4.78, 5) is 25.1. The number of rotatable bonds is 7. The third-order valence-electron chi connectivity index (χ3n) is 5.23. The number of ketones is 1. The second-order valence-corrected chi connectivity index (χ2v) is 8.88. The van der Waals surface area contributed by atoms with Crippen LogP contribution < -0.4 is 5.32 Å². The Hall–Kier alpha value is -3.71. The van der Waals surface area contributed by atoms with Gasteiger partial charge < -0.3 is 5.32 Å². The largest absolute Gasteiger partial charge is 0.325 e. The first-order chi connectivity index (χ1) is 15.9. The van der Waals surface area contributed by atoms with Gasteiger partial charge in [0, 0.05) is 11.3 Å². The minimum atomic E-state index is -0.569. The van der Waals surface area contributed by atoms with Gasteiger partial charge in [0.1, 0.15) is 11.6 Å². The van der Waals surface area contributed by atoms with Crippen molar-refractivity contribution in [2.45, 2.75) is 31.2 Å². The number of carbonyl (C=O) groups excluding carboxylic acids is 2. The summed E-state index contributed by atoms with van der Waals surface area (Å²) >= 11 is 1.33. The SMILES string of the molecule is CC(=O)c1cccc(NC(=O)C(Sc2nncn2-c2ccc(C)cc2C)c2ccccc2)c1. The van der Waals surface area contributed by atoms with Crippen LogP contribution in [0.2, 0.25) is 0 Å². The first-order valence-electron chi connectivity index (χ1n) is 10.5. The Morgan fingerprint density at radius 1 is 0.970 bits per heavy atom. The van der Waals surface area contributed by atoms with Gasteiger partial charge >= 0.3 is 0 Å². The molecule has 1 amide bonds. The number of thioether (sulfide) groups is 1. The topological polar surface area (TPSA) is 76.9 Å². The molecule has 0 aliphatic rings. The smallest absolute Gasteiger partial charge is 0.242 e. The number of anilines is 1. The Kier molecular flexibility index (Phi) is 6.70. The molecule has 7 heteroatoms. The Bertz CT molecular complexity index is 1300. The van der Waals surface area contributed by atoms with Gasteiger partial charge in [0.25, 0.3) is 0 Å². The van der Waals surface area contributed by atoms with Crippen LogP contribution in [0.3, 0.4) is 0 Å². The third kappa shape index (κ3) is 5.21.